The number of aliphatic imine (C=N–C) groups is 1. The van der Waals surface area contributed by atoms with Crippen LogP contribution in [-0.2, 0) is 16.5 Å². The van der Waals surface area contributed by atoms with Crippen molar-refractivity contribution in [2.24, 2.45) is 4.99 Å². The van der Waals surface area contributed by atoms with Gasteiger partial charge < -0.3 is 15.3 Å². The summed E-state index contributed by atoms with van der Waals surface area (Å²) in [6.07, 6.45) is 1.30. The summed E-state index contributed by atoms with van der Waals surface area (Å²) in [5.41, 5.74) is 9.32. The molecule has 4 nitrogen and oxygen atoms in total. The predicted octanol–water partition coefficient (Wildman–Crippen LogP) is 7.10. The summed E-state index contributed by atoms with van der Waals surface area (Å²) < 4.78 is 0. The van der Waals surface area contributed by atoms with E-state index in [0.717, 1.165) is 0 Å². The second-order valence-corrected chi connectivity index (χ2v) is 6.77. The van der Waals surface area contributed by atoms with Crippen molar-refractivity contribution in [1.82, 2.24) is 0 Å². The molecule has 0 aliphatic carbocycles. The van der Waals surface area contributed by atoms with Crippen LogP contribution < -0.4 is 0 Å². The molecule has 166 valence electrons. The molecule has 0 unspecified atom stereocenters. The molecule has 0 saturated heterocycles. The Labute approximate surface area is 204 Å². The van der Waals surface area contributed by atoms with E-state index in [2.05, 4.69) is 4.99 Å². The van der Waals surface area contributed by atoms with Crippen LogP contribution in [0.4, 0.5) is 11.4 Å². The van der Waals surface area contributed by atoms with Crippen LogP contribution in [0.25, 0.3) is 5.73 Å². The van der Waals surface area contributed by atoms with Gasteiger partial charge >= 0.3 is 16.5 Å². The normalized spacial score (nSPS) is 10.1. The third kappa shape index (κ3) is 8.25. The van der Waals surface area contributed by atoms with Crippen molar-refractivity contribution in [3.05, 3.63) is 145 Å². The van der Waals surface area contributed by atoms with Crippen LogP contribution >= 0.6 is 0 Å². The van der Waals surface area contributed by atoms with E-state index in [9.17, 15) is 9.59 Å². The number of rotatable bonds is 6. The SMILES string of the molecule is O=C([CH-]C(=Nc1ccccc1)C(=O)c1ccccc1)c1ccccc1.[NH-]c1ccccc1.[Ni+2]. The van der Waals surface area contributed by atoms with Crippen LogP contribution in [-0.4, -0.2) is 17.3 Å². The minimum absolute atomic E-state index is 0. The van der Waals surface area contributed by atoms with E-state index in [4.69, 9.17) is 5.73 Å². The van der Waals surface area contributed by atoms with Crippen LogP contribution in [0.1, 0.15) is 20.7 Å². The minimum Gasteiger partial charge on any atom is -0.699 e. The zero-order valence-electron chi connectivity index (χ0n) is 17.7. The fourth-order valence-electron chi connectivity index (χ4n) is 2.78. The van der Waals surface area contributed by atoms with E-state index in [1.54, 1.807) is 72.8 Å². The molecule has 4 rings (SSSR count). The van der Waals surface area contributed by atoms with Crippen LogP contribution in [0.3, 0.4) is 0 Å². The van der Waals surface area contributed by atoms with Gasteiger partial charge in [-0.1, -0.05) is 109 Å². The zero-order valence-corrected chi connectivity index (χ0v) is 18.7. The average Bonchev–Trinajstić information content (AvgIpc) is 2.86. The molecular weight excluding hydrogens is 455 g/mol. The second-order valence-electron chi connectivity index (χ2n) is 6.77. The van der Waals surface area contributed by atoms with Crippen molar-refractivity contribution in [2.45, 2.75) is 0 Å². The number of carbonyl (C=O) groups excluding carboxylic acids is 2. The first kappa shape index (κ1) is 25.3. The molecule has 33 heavy (non-hydrogen) atoms. The van der Waals surface area contributed by atoms with Crippen molar-refractivity contribution in [1.29, 1.82) is 0 Å². The van der Waals surface area contributed by atoms with Crippen molar-refractivity contribution >= 4 is 28.7 Å². The molecule has 0 fully saturated rings. The van der Waals surface area contributed by atoms with E-state index in [1.807, 2.05) is 48.5 Å². The van der Waals surface area contributed by atoms with Crippen LogP contribution in [0.5, 0.6) is 0 Å². The minimum atomic E-state index is -0.284. The molecule has 0 atom stereocenters. The molecule has 0 aliphatic heterocycles. The molecule has 0 aliphatic rings. The maximum absolute atomic E-state index is 12.8. The first-order valence-electron chi connectivity index (χ1n) is 10.1. The van der Waals surface area contributed by atoms with Crippen LogP contribution in [0.15, 0.2) is 126 Å². The first-order valence-corrected chi connectivity index (χ1v) is 10.1. The quantitative estimate of drug-likeness (QED) is 0.129. The molecule has 1 N–H and O–H groups in total. The number of Topliss-reactive ketones (excluding diaryl/α,β-unsaturated/α-hetero) is 2. The van der Waals surface area contributed by atoms with Gasteiger partial charge in [0.25, 0.3) is 0 Å². The molecular formula is C28H22N2NiO2. The maximum Gasteiger partial charge on any atom is 2.00 e. The standard InChI is InChI=1S/C22H16NO2.C6H6N.Ni/c24-21(17-10-4-1-5-11-17)16-20(23-19-14-8-3-9-15-19)22(25)18-12-6-2-7-13-18;7-6-4-2-1-3-5-6;/h1-16H;1-5,7H;/q2*-1;+2. The van der Waals surface area contributed by atoms with Gasteiger partial charge in [0, 0.05) is 5.71 Å². The van der Waals surface area contributed by atoms with Gasteiger partial charge in [0.1, 0.15) is 5.78 Å². The number of para-hydroxylation sites is 1. The Kier molecular flexibility index (Phi) is 10.3. The Bertz CT molecular complexity index is 1160. The fourth-order valence-corrected chi connectivity index (χ4v) is 2.78. The molecule has 0 radical (unpaired) electrons. The molecule has 0 heterocycles. The average molecular weight is 477 g/mol. The van der Waals surface area contributed by atoms with E-state index >= 15 is 0 Å². The Balaban J connectivity index is 0.000000413. The van der Waals surface area contributed by atoms with E-state index in [-0.39, 0.29) is 33.8 Å². The van der Waals surface area contributed by atoms with Crippen molar-refractivity contribution < 1.29 is 26.1 Å². The number of nitrogens with zero attached hydrogens (tertiary/aromatic N) is 1. The van der Waals surface area contributed by atoms with Gasteiger partial charge in [-0.2, -0.15) is 0 Å². The number of hydrogen-bond acceptors (Lipinski definition) is 3. The smallest absolute Gasteiger partial charge is 0.699 e. The van der Waals surface area contributed by atoms with Crippen molar-refractivity contribution in [2.75, 3.05) is 0 Å². The summed E-state index contributed by atoms with van der Waals surface area (Å²) in [7, 11) is 0. The van der Waals surface area contributed by atoms with Gasteiger partial charge in [-0.25, -0.2) is 0 Å². The molecule has 0 amide bonds. The van der Waals surface area contributed by atoms with Gasteiger partial charge in [-0.3, -0.25) is 4.99 Å². The third-order valence-corrected chi connectivity index (χ3v) is 4.37. The number of carbonyl (C=O) groups is 2. The Hall–Kier alpha value is -3.95. The summed E-state index contributed by atoms with van der Waals surface area (Å²) >= 11 is 0. The third-order valence-electron chi connectivity index (χ3n) is 4.37. The molecule has 4 aromatic carbocycles. The van der Waals surface area contributed by atoms with Gasteiger partial charge in [0.15, 0.2) is 0 Å². The van der Waals surface area contributed by atoms with Gasteiger partial charge in [0.05, 0.1) is 11.5 Å². The molecule has 4 aromatic rings. The molecule has 5 heteroatoms. The number of ketones is 2. The Morgan fingerprint density at radius 2 is 1.03 bits per heavy atom. The summed E-state index contributed by atoms with van der Waals surface area (Å²) in [4.78, 5) is 29.7. The van der Waals surface area contributed by atoms with Crippen molar-refractivity contribution in [3.8, 4) is 0 Å². The molecule has 0 aromatic heterocycles. The zero-order chi connectivity index (χ0) is 22.6. The van der Waals surface area contributed by atoms with Gasteiger partial charge in [-0.15, -0.1) is 17.8 Å². The number of nitrogens with one attached hydrogen (secondary N) is 1. The summed E-state index contributed by atoms with van der Waals surface area (Å²) in [6, 6.07) is 35.9. The Morgan fingerprint density at radius 1 is 0.606 bits per heavy atom. The topological polar surface area (TPSA) is 70.3 Å². The summed E-state index contributed by atoms with van der Waals surface area (Å²) in [6.45, 7) is 0. The predicted molar refractivity (Wildman–Crippen MR) is 130 cm³/mol. The molecule has 0 bridgehead atoms. The molecule has 0 spiro atoms. The Morgan fingerprint density at radius 3 is 1.48 bits per heavy atom. The van der Waals surface area contributed by atoms with Crippen LogP contribution in [0.2, 0.25) is 0 Å². The monoisotopic (exact) mass is 476 g/mol. The first-order chi connectivity index (χ1) is 15.6. The van der Waals surface area contributed by atoms with E-state index < -0.39 is 0 Å². The van der Waals surface area contributed by atoms with E-state index in [1.165, 1.54) is 6.42 Å². The van der Waals surface area contributed by atoms with Gasteiger partial charge in [0.2, 0.25) is 0 Å². The summed E-state index contributed by atoms with van der Waals surface area (Å²) in [5.74, 6) is -0.534. The number of benzene rings is 4. The van der Waals surface area contributed by atoms with E-state index in [0.29, 0.717) is 22.5 Å². The van der Waals surface area contributed by atoms with Crippen molar-refractivity contribution in [3.63, 3.8) is 0 Å². The van der Waals surface area contributed by atoms with Gasteiger partial charge in [-0.05, 0) is 17.7 Å². The maximum atomic E-state index is 12.8. The molecule has 0 saturated carbocycles. The fraction of sp³-hybridized carbons (Fsp3) is 0. The second kappa shape index (κ2) is 13.5. The van der Waals surface area contributed by atoms with Crippen LogP contribution in [0, 0.1) is 6.42 Å². The summed E-state index contributed by atoms with van der Waals surface area (Å²) in [5, 5.41) is 0. The largest absolute Gasteiger partial charge is 2.00 e. The number of hydrogen-bond donors (Lipinski definition) is 0.